The van der Waals surface area contributed by atoms with Gasteiger partial charge in [-0.1, -0.05) is 109 Å². The van der Waals surface area contributed by atoms with E-state index in [1.165, 1.54) is 10.8 Å². The first-order valence-corrected chi connectivity index (χ1v) is 15.3. The number of aromatic nitrogens is 2. The molecule has 9 rings (SSSR count). The maximum absolute atomic E-state index is 8.19. The highest BCUT2D eigenvalue weighted by Crippen LogP contribution is 2.44. The molecular formula is C42H25N3O. The average Bonchev–Trinajstić information content (AvgIpc) is 3.67. The van der Waals surface area contributed by atoms with Crippen molar-refractivity contribution in [3.8, 4) is 39.3 Å². The monoisotopic (exact) mass is 587 g/mol. The first-order chi connectivity index (χ1) is 22.8. The number of hydrogen-bond donors (Lipinski definition) is 0. The highest BCUT2D eigenvalue weighted by Gasteiger charge is 2.21. The zero-order valence-electron chi connectivity index (χ0n) is 24.7. The predicted molar refractivity (Wildman–Crippen MR) is 188 cm³/mol. The Labute approximate surface area is 265 Å². The van der Waals surface area contributed by atoms with Gasteiger partial charge in [0.1, 0.15) is 11.2 Å². The van der Waals surface area contributed by atoms with E-state index < -0.39 is 0 Å². The average molecular weight is 588 g/mol. The van der Waals surface area contributed by atoms with E-state index in [9.17, 15) is 0 Å². The van der Waals surface area contributed by atoms with Gasteiger partial charge < -0.3 is 8.98 Å². The third-order valence-electron chi connectivity index (χ3n) is 8.83. The smallest absolute Gasteiger partial charge is 0.220 e. The molecule has 0 bridgehead atoms. The maximum atomic E-state index is 8.19. The summed E-state index contributed by atoms with van der Waals surface area (Å²) in [5, 5.41) is 4.47. The van der Waals surface area contributed by atoms with Crippen LogP contribution in [0.15, 0.2) is 156 Å². The first kappa shape index (κ1) is 26.0. The molecule has 0 radical (unpaired) electrons. The van der Waals surface area contributed by atoms with Crippen molar-refractivity contribution in [3.63, 3.8) is 0 Å². The Balaban J connectivity index is 1.33. The number of pyridine rings is 1. The quantitative estimate of drug-likeness (QED) is 0.192. The molecule has 0 saturated carbocycles. The summed E-state index contributed by atoms with van der Waals surface area (Å²) in [5.74, 6) is 0. The van der Waals surface area contributed by atoms with E-state index >= 15 is 0 Å². The van der Waals surface area contributed by atoms with Crippen molar-refractivity contribution in [2.75, 3.05) is 0 Å². The van der Waals surface area contributed by atoms with E-state index in [4.69, 9.17) is 16.0 Å². The van der Waals surface area contributed by atoms with E-state index in [0.717, 1.165) is 66.6 Å². The second-order valence-corrected chi connectivity index (χ2v) is 11.4. The van der Waals surface area contributed by atoms with Crippen molar-refractivity contribution < 1.29 is 4.42 Å². The molecule has 4 nitrogen and oxygen atoms in total. The lowest BCUT2D eigenvalue weighted by Crippen LogP contribution is -1.94. The highest BCUT2D eigenvalue weighted by molar-refractivity contribution is 6.14. The molecule has 0 saturated heterocycles. The van der Waals surface area contributed by atoms with Crippen LogP contribution < -0.4 is 0 Å². The largest absolute Gasteiger partial charge is 0.456 e. The van der Waals surface area contributed by atoms with Crippen molar-refractivity contribution in [1.29, 1.82) is 0 Å². The highest BCUT2D eigenvalue weighted by atomic mass is 16.3. The standard InChI is InChI=1S/C42H25N3O/c1-43-42-33(27-13-4-2-5-14-27)26-35(44-41(42)28-15-6-3-7-16-28)32-19-12-22-39-40(32)34-25-29(23-24-38(34)46-39)45-36-20-10-8-17-30(36)31-18-9-11-21-37(31)45/h2-26H. The van der Waals surface area contributed by atoms with Crippen LogP contribution in [-0.2, 0) is 0 Å². The van der Waals surface area contributed by atoms with Gasteiger partial charge in [-0.3, -0.25) is 4.98 Å². The van der Waals surface area contributed by atoms with E-state index in [1.807, 2.05) is 60.7 Å². The lowest BCUT2D eigenvalue weighted by molar-refractivity contribution is 0.669. The fourth-order valence-electron chi connectivity index (χ4n) is 6.79. The van der Waals surface area contributed by atoms with Crippen molar-refractivity contribution in [2.45, 2.75) is 0 Å². The number of rotatable bonds is 4. The number of para-hydroxylation sites is 2. The Bertz CT molecular complexity index is 2530. The van der Waals surface area contributed by atoms with E-state index in [2.05, 4.69) is 100 Å². The van der Waals surface area contributed by atoms with Crippen LogP contribution in [0.4, 0.5) is 5.69 Å². The molecule has 4 heteroatoms. The normalized spacial score (nSPS) is 11.5. The molecule has 0 aliphatic heterocycles. The summed E-state index contributed by atoms with van der Waals surface area (Å²) >= 11 is 0. The summed E-state index contributed by atoms with van der Waals surface area (Å²) in [6, 6.07) is 51.8. The van der Waals surface area contributed by atoms with Crippen LogP contribution in [0.3, 0.4) is 0 Å². The molecule has 46 heavy (non-hydrogen) atoms. The molecule has 3 aromatic heterocycles. The van der Waals surface area contributed by atoms with Gasteiger partial charge >= 0.3 is 0 Å². The zero-order valence-corrected chi connectivity index (χ0v) is 24.7. The molecule has 0 unspecified atom stereocenters. The fourth-order valence-corrected chi connectivity index (χ4v) is 6.79. The van der Waals surface area contributed by atoms with Crippen molar-refractivity contribution in [2.24, 2.45) is 0 Å². The Kier molecular flexibility index (Phi) is 5.84. The number of nitrogens with zero attached hydrogens (tertiary/aromatic N) is 3. The molecule has 214 valence electrons. The predicted octanol–water partition coefficient (Wildman–Crippen LogP) is 11.6. The first-order valence-electron chi connectivity index (χ1n) is 15.3. The minimum atomic E-state index is 0.541. The fraction of sp³-hybridized carbons (Fsp3) is 0. The summed E-state index contributed by atoms with van der Waals surface area (Å²) in [5.41, 5.74) is 10.7. The van der Waals surface area contributed by atoms with Crippen LogP contribution in [0.25, 0.3) is 87.9 Å². The van der Waals surface area contributed by atoms with Crippen LogP contribution in [0.1, 0.15) is 0 Å². The topological polar surface area (TPSA) is 35.3 Å². The summed E-state index contributed by atoms with van der Waals surface area (Å²) in [7, 11) is 0. The summed E-state index contributed by atoms with van der Waals surface area (Å²) in [6.45, 7) is 8.19. The number of hydrogen-bond acceptors (Lipinski definition) is 2. The van der Waals surface area contributed by atoms with Crippen molar-refractivity contribution in [1.82, 2.24) is 9.55 Å². The summed E-state index contributed by atoms with van der Waals surface area (Å²) in [6.07, 6.45) is 0. The van der Waals surface area contributed by atoms with Gasteiger partial charge in [0.25, 0.3) is 0 Å². The van der Waals surface area contributed by atoms with Crippen molar-refractivity contribution in [3.05, 3.63) is 163 Å². The Morgan fingerprint density at radius 2 is 1.20 bits per heavy atom. The molecule has 0 spiro atoms. The maximum Gasteiger partial charge on any atom is 0.220 e. The molecule has 3 heterocycles. The molecule has 9 aromatic rings. The van der Waals surface area contributed by atoms with Crippen molar-refractivity contribution >= 4 is 49.4 Å². The van der Waals surface area contributed by atoms with Gasteiger partial charge in [0.05, 0.1) is 29.0 Å². The van der Waals surface area contributed by atoms with Gasteiger partial charge in [0.15, 0.2) is 0 Å². The SMILES string of the molecule is [C-]#[N+]c1c(-c2ccccc2)cc(-c2cccc3oc4ccc(-n5c6ccccc6c6ccccc65)cc4c23)nc1-c1ccccc1. The molecule has 0 atom stereocenters. The third-order valence-corrected chi connectivity index (χ3v) is 8.83. The number of fused-ring (bicyclic) bond motifs is 6. The molecule has 0 aliphatic carbocycles. The minimum Gasteiger partial charge on any atom is -0.456 e. The second-order valence-electron chi connectivity index (χ2n) is 11.4. The Morgan fingerprint density at radius 1 is 0.543 bits per heavy atom. The van der Waals surface area contributed by atoms with Crippen LogP contribution in [0, 0.1) is 6.57 Å². The number of benzene rings is 6. The van der Waals surface area contributed by atoms with Gasteiger partial charge in [-0.2, -0.15) is 0 Å². The van der Waals surface area contributed by atoms with E-state index in [0.29, 0.717) is 11.4 Å². The van der Waals surface area contributed by atoms with Gasteiger partial charge in [0.2, 0.25) is 5.69 Å². The summed E-state index contributed by atoms with van der Waals surface area (Å²) < 4.78 is 8.78. The van der Waals surface area contributed by atoms with Crippen LogP contribution >= 0.6 is 0 Å². The van der Waals surface area contributed by atoms with Gasteiger partial charge in [0, 0.05) is 32.8 Å². The number of furan rings is 1. The van der Waals surface area contributed by atoms with Gasteiger partial charge in [-0.15, -0.1) is 0 Å². The molecule has 0 fully saturated rings. The minimum absolute atomic E-state index is 0.541. The lowest BCUT2D eigenvalue weighted by atomic mass is 9.96. The third kappa shape index (κ3) is 3.96. The molecule has 0 amide bonds. The Morgan fingerprint density at radius 3 is 1.89 bits per heavy atom. The molecule has 0 aliphatic rings. The molecular weight excluding hydrogens is 562 g/mol. The van der Waals surface area contributed by atoms with Gasteiger partial charge in [-0.05, 0) is 59.2 Å². The molecule has 0 N–H and O–H groups in total. The van der Waals surface area contributed by atoms with E-state index in [1.54, 1.807) is 0 Å². The van der Waals surface area contributed by atoms with E-state index in [-0.39, 0.29) is 0 Å². The van der Waals surface area contributed by atoms with Crippen LogP contribution in [0.2, 0.25) is 0 Å². The molecule has 6 aromatic carbocycles. The van der Waals surface area contributed by atoms with Crippen LogP contribution in [0.5, 0.6) is 0 Å². The summed E-state index contributed by atoms with van der Waals surface area (Å²) in [4.78, 5) is 9.22. The van der Waals surface area contributed by atoms with Gasteiger partial charge in [-0.25, -0.2) is 4.85 Å². The lowest BCUT2D eigenvalue weighted by Gasteiger charge is -2.14. The Hall–Kier alpha value is -6.44. The second kappa shape index (κ2) is 10.3. The van der Waals surface area contributed by atoms with Crippen LogP contribution in [-0.4, -0.2) is 9.55 Å². The zero-order chi connectivity index (χ0) is 30.6.